The lowest BCUT2D eigenvalue weighted by molar-refractivity contribution is 0.277. The number of anilines is 1. The quantitative estimate of drug-likeness (QED) is 0.414. The summed E-state index contributed by atoms with van der Waals surface area (Å²) in [6.45, 7) is 4.05. The Morgan fingerprint density at radius 1 is 1.00 bits per heavy atom. The molecular formula is C28H31N7O2. The summed E-state index contributed by atoms with van der Waals surface area (Å²) in [6, 6.07) is 11.4. The number of hydrogen-bond acceptors (Lipinski definition) is 8. The van der Waals surface area contributed by atoms with E-state index in [1.165, 1.54) is 32.4 Å². The van der Waals surface area contributed by atoms with Crippen LogP contribution in [0.5, 0.6) is 11.6 Å². The van der Waals surface area contributed by atoms with Crippen LogP contribution in [0.3, 0.4) is 0 Å². The zero-order chi connectivity index (χ0) is 25.8. The van der Waals surface area contributed by atoms with E-state index in [1.807, 2.05) is 35.8 Å². The smallest absolute Gasteiger partial charge is 0.240 e. The van der Waals surface area contributed by atoms with E-state index in [2.05, 4.69) is 32.9 Å². The fraction of sp³-hybridized carbons (Fsp3) is 0.357. The molecule has 9 heteroatoms. The number of piperidine rings is 1. The number of nitriles is 1. The zero-order valence-electron chi connectivity index (χ0n) is 21.5. The van der Waals surface area contributed by atoms with Gasteiger partial charge in [0.15, 0.2) is 11.6 Å². The van der Waals surface area contributed by atoms with Gasteiger partial charge in [-0.1, -0.05) is 18.6 Å². The van der Waals surface area contributed by atoms with Crippen molar-refractivity contribution in [1.82, 2.24) is 24.3 Å². The fourth-order valence-corrected chi connectivity index (χ4v) is 4.70. The third kappa shape index (κ3) is 5.06. The molecule has 0 atom stereocenters. The number of rotatable bonds is 3. The first-order valence-corrected chi connectivity index (χ1v) is 12.5. The maximum atomic E-state index is 9.14. The molecule has 4 aromatic rings. The molecule has 1 aromatic carbocycles. The van der Waals surface area contributed by atoms with Crippen LogP contribution in [-0.2, 0) is 0 Å². The predicted octanol–water partition coefficient (Wildman–Crippen LogP) is 4.27. The van der Waals surface area contributed by atoms with Gasteiger partial charge in [0.2, 0.25) is 5.88 Å². The van der Waals surface area contributed by atoms with Crippen molar-refractivity contribution in [2.24, 2.45) is 0 Å². The molecule has 2 aliphatic heterocycles. The Hall–Kier alpha value is -4.16. The molecule has 0 amide bonds. The number of ether oxygens (including phenoxy) is 2. The lowest BCUT2D eigenvalue weighted by atomic mass is 10.0. The number of methoxy groups -OCH3 is 1. The van der Waals surface area contributed by atoms with Crippen molar-refractivity contribution >= 4 is 11.3 Å². The SMILES string of the molecule is CN1CCCCC1.COc1nc(-c2ccc(C#N)cc2)c(-c2cnc3c(c2)OCCN3C)n2cncc12. The number of imidazole rings is 1. The van der Waals surface area contributed by atoms with Crippen molar-refractivity contribution in [3.63, 3.8) is 0 Å². The van der Waals surface area contributed by atoms with Gasteiger partial charge < -0.3 is 19.3 Å². The normalized spacial score (nSPS) is 15.2. The van der Waals surface area contributed by atoms with Gasteiger partial charge in [0.25, 0.3) is 0 Å². The fourth-order valence-electron chi connectivity index (χ4n) is 4.70. The topological polar surface area (TPSA) is 91.8 Å². The molecule has 6 rings (SSSR count). The van der Waals surface area contributed by atoms with Crippen LogP contribution < -0.4 is 14.4 Å². The highest BCUT2D eigenvalue weighted by Crippen LogP contribution is 2.38. The van der Waals surface area contributed by atoms with Crippen molar-refractivity contribution in [2.45, 2.75) is 19.3 Å². The van der Waals surface area contributed by atoms with Crippen molar-refractivity contribution in [2.75, 3.05) is 52.3 Å². The Bertz CT molecular complexity index is 1420. The van der Waals surface area contributed by atoms with E-state index < -0.39 is 0 Å². The highest BCUT2D eigenvalue weighted by Gasteiger charge is 2.22. The summed E-state index contributed by atoms with van der Waals surface area (Å²) < 4.78 is 13.3. The summed E-state index contributed by atoms with van der Waals surface area (Å²) >= 11 is 0. The number of pyridine rings is 1. The number of benzene rings is 1. The Balaban J connectivity index is 0.000000348. The van der Waals surface area contributed by atoms with Gasteiger partial charge in [-0.15, -0.1) is 0 Å². The van der Waals surface area contributed by atoms with Crippen molar-refractivity contribution in [3.05, 3.63) is 54.6 Å². The molecule has 2 aliphatic rings. The summed E-state index contributed by atoms with van der Waals surface area (Å²) in [5.74, 6) is 2.02. The molecule has 0 radical (unpaired) electrons. The van der Waals surface area contributed by atoms with Gasteiger partial charge >= 0.3 is 0 Å². The molecular weight excluding hydrogens is 466 g/mol. The number of likely N-dealkylation sites (N-methyl/N-ethyl adjacent to an activating group) is 1. The second-order valence-corrected chi connectivity index (χ2v) is 9.34. The van der Waals surface area contributed by atoms with Gasteiger partial charge in [0.05, 0.1) is 49.2 Å². The predicted molar refractivity (Wildman–Crippen MR) is 143 cm³/mol. The lowest BCUT2D eigenvalue weighted by Crippen LogP contribution is -2.29. The number of likely N-dealkylation sites (tertiary alicyclic amines) is 1. The van der Waals surface area contributed by atoms with Crippen LogP contribution in [0.25, 0.3) is 28.0 Å². The summed E-state index contributed by atoms with van der Waals surface area (Å²) in [7, 11) is 5.78. The summed E-state index contributed by atoms with van der Waals surface area (Å²) in [5.41, 5.74) is 4.56. The summed E-state index contributed by atoms with van der Waals surface area (Å²) in [6.07, 6.45) is 9.54. The zero-order valence-corrected chi connectivity index (χ0v) is 21.5. The van der Waals surface area contributed by atoms with Crippen molar-refractivity contribution < 1.29 is 9.47 Å². The number of fused-ring (bicyclic) bond motifs is 2. The van der Waals surface area contributed by atoms with Gasteiger partial charge in [0, 0.05) is 24.4 Å². The van der Waals surface area contributed by atoms with Crippen LogP contribution >= 0.6 is 0 Å². The first-order valence-electron chi connectivity index (χ1n) is 12.5. The Morgan fingerprint density at radius 2 is 1.78 bits per heavy atom. The molecule has 0 bridgehead atoms. The average Bonchev–Trinajstić information content (AvgIpc) is 3.43. The largest absolute Gasteiger partial charge is 0.488 e. The molecule has 0 N–H and O–H groups in total. The molecule has 1 fully saturated rings. The molecule has 3 aromatic heterocycles. The summed E-state index contributed by atoms with van der Waals surface area (Å²) in [4.78, 5) is 18.2. The van der Waals surface area contributed by atoms with E-state index in [-0.39, 0.29) is 0 Å². The number of nitrogens with zero attached hydrogens (tertiary/aromatic N) is 7. The van der Waals surface area contributed by atoms with Crippen LogP contribution in [0.1, 0.15) is 24.8 Å². The minimum Gasteiger partial charge on any atom is -0.488 e. The van der Waals surface area contributed by atoms with Crippen LogP contribution in [-0.4, -0.2) is 71.7 Å². The minimum atomic E-state index is 0.470. The van der Waals surface area contributed by atoms with E-state index >= 15 is 0 Å². The first kappa shape index (κ1) is 24.5. The minimum absolute atomic E-state index is 0.470. The monoisotopic (exact) mass is 497 g/mol. The standard InChI is InChI=1S/C22H18N6O2.C6H13N/c1-27-7-8-30-18-9-16(11-25-21(18)27)20-19(15-5-3-14(10-23)4-6-15)26-22(29-2)17-12-24-13-28(17)20;1-7-5-3-2-4-6-7/h3-6,9,11-13H,7-8H2,1-2H3;2-6H2,1H3. The average molecular weight is 498 g/mol. The van der Waals surface area contributed by atoms with Crippen LogP contribution in [0.15, 0.2) is 49.1 Å². The summed E-state index contributed by atoms with van der Waals surface area (Å²) in [5, 5.41) is 9.14. The van der Waals surface area contributed by atoms with Crippen molar-refractivity contribution in [1.29, 1.82) is 5.26 Å². The Kier molecular flexibility index (Phi) is 7.19. The van der Waals surface area contributed by atoms with E-state index in [4.69, 9.17) is 19.7 Å². The molecule has 190 valence electrons. The van der Waals surface area contributed by atoms with Gasteiger partial charge in [-0.2, -0.15) is 5.26 Å². The number of aromatic nitrogens is 4. The third-order valence-electron chi connectivity index (χ3n) is 6.75. The molecule has 5 heterocycles. The van der Waals surface area contributed by atoms with Gasteiger partial charge in [0.1, 0.15) is 12.1 Å². The highest BCUT2D eigenvalue weighted by molar-refractivity contribution is 5.83. The molecule has 37 heavy (non-hydrogen) atoms. The Morgan fingerprint density at radius 3 is 2.46 bits per heavy atom. The highest BCUT2D eigenvalue weighted by atomic mass is 16.5. The van der Waals surface area contributed by atoms with E-state index in [9.17, 15) is 0 Å². The first-order chi connectivity index (χ1) is 18.1. The van der Waals surface area contributed by atoms with Crippen LogP contribution in [0.2, 0.25) is 0 Å². The van der Waals surface area contributed by atoms with Gasteiger partial charge in [-0.05, 0) is 51.2 Å². The third-order valence-corrected chi connectivity index (χ3v) is 6.75. The van der Waals surface area contributed by atoms with Crippen LogP contribution in [0.4, 0.5) is 5.82 Å². The lowest BCUT2D eigenvalue weighted by Gasteiger charge is -2.26. The van der Waals surface area contributed by atoms with Crippen LogP contribution in [0, 0.1) is 11.3 Å². The maximum Gasteiger partial charge on any atom is 0.240 e. The maximum absolute atomic E-state index is 9.14. The molecule has 1 saturated heterocycles. The Labute approximate surface area is 216 Å². The van der Waals surface area contributed by atoms with Gasteiger partial charge in [-0.3, -0.25) is 4.40 Å². The van der Waals surface area contributed by atoms with Crippen molar-refractivity contribution in [3.8, 4) is 40.2 Å². The molecule has 0 aliphatic carbocycles. The molecule has 0 saturated carbocycles. The molecule has 0 unspecified atom stereocenters. The molecule has 0 spiro atoms. The number of hydrogen-bond donors (Lipinski definition) is 0. The van der Waals surface area contributed by atoms with E-state index in [1.54, 1.807) is 31.8 Å². The second kappa shape index (κ2) is 10.8. The van der Waals surface area contributed by atoms with Gasteiger partial charge in [-0.25, -0.2) is 15.0 Å². The second-order valence-electron chi connectivity index (χ2n) is 9.34. The van der Waals surface area contributed by atoms with E-state index in [0.717, 1.165) is 40.4 Å². The molecule has 9 nitrogen and oxygen atoms in total. The van der Waals surface area contributed by atoms with E-state index in [0.29, 0.717) is 23.7 Å².